The summed E-state index contributed by atoms with van der Waals surface area (Å²) in [7, 11) is 3.44. The summed E-state index contributed by atoms with van der Waals surface area (Å²) in [6.07, 6.45) is 2.22. The summed E-state index contributed by atoms with van der Waals surface area (Å²) in [5.41, 5.74) is 1.46. The van der Waals surface area contributed by atoms with Gasteiger partial charge in [0.1, 0.15) is 0 Å². The van der Waals surface area contributed by atoms with Gasteiger partial charge in [-0.3, -0.25) is 4.79 Å². The van der Waals surface area contributed by atoms with Gasteiger partial charge in [0.2, 0.25) is 0 Å². The maximum Gasteiger partial charge on any atom is 0.254 e. The Morgan fingerprint density at radius 3 is 2.85 bits per heavy atom. The molecule has 2 atom stereocenters. The number of amides is 1. The highest BCUT2D eigenvalue weighted by Gasteiger charge is 2.20. The minimum absolute atomic E-state index is 0.0843. The predicted octanol–water partition coefficient (Wildman–Crippen LogP) is 3.02. The second-order valence-electron chi connectivity index (χ2n) is 5.44. The van der Waals surface area contributed by atoms with Gasteiger partial charge in [-0.15, -0.1) is 0 Å². The van der Waals surface area contributed by atoms with Crippen molar-refractivity contribution in [3.8, 4) is 0 Å². The molecule has 1 aromatic rings. The quantitative estimate of drug-likeness (QED) is 0.932. The third-order valence-electron chi connectivity index (χ3n) is 3.46. The minimum Gasteiger partial charge on any atom is -0.382 e. The molecule has 4 nitrogen and oxygen atoms in total. The van der Waals surface area contributed by atoms with Crippen LogP contribution in [0.3, 0.4) is 0 Å². The number of hydrogen-bond acceptors (Lipinski definition) is 3. The molecule has 1 aliphatic heterocycles. The van der Waals surface area contributed by atoms with Crippen molar-refractivity contribution < 1.29 is 9.53 Å². The third kappa shape index (κ3) is 3.64. The second-order valence-corrected chi connectivity index (χ2v) is 5.85. The molecule has 0 aromatic heterocycles. The molecule has 1 aromatic carbocycles. The summed E-state index contributed by atoms with van der Waals surface area (Å²) in [4.78, 5) is 13.6. The number of rotatable bonds is 3. The highest BCUT2D eigenvalue weighted by molar-refractivity contribution is 6.34. The number of nitrogens with one attached hydrogen (secondary N) is 1. The predicted molar refractivity (Wildman–Crippen MR) is 81.5 cm³/mol. The lowest BCUT2D eigenvalue weighted by Gasteiger charge is -2.29. The Kier molecular flexibility index (Phi) is 4.89. The first-order valence-electron chi connectivity index (χ1n) is 6.86. The van der Waals surface area contributed by atoms with Gasteiger partial charge in [-0.05, 0) is 38.0 Å². The molecular weight excluding hydrogens is 276 g/mol. The highest BCUT2D eigenvalue weighted by Crippen LogP contribution is 2.24. The van der Waals surface area contributed by atoms with Gasteiger partial charge in [-0.25, -0.2) is 0 Å². The molecule has 0 aliphatic carbocycles. The smallest absolute Gasteiger partial charge is 0.254 e. The Morgan fingerprint density at radius 1 is 1.45 bits per heavy atom. The van der Waals surface area contributed by atoms with Crippen LogP contribution in [0.2, 0.25) is 5.02 Å². The number of anilines is 1. The largest absolute Gasteiger partial charge is 0.382 e. The Hall–Kier alpha value is -1.26. The van der Waals surface area contributed by atoms with Crippen LogP contribution < -0.4 is 5.32 Å². The summed E-state index contributed by atoms with van der Waals surface area (Å²) in [5.74, 6) is -0.0843. The van der Waals surface area contributed by atoms with Gasteiger partial charge >= 0.3 is 0 Å². The lowest BCUT2D eigenvalue weighted by Crippen LogP contribution is -2.32. The van der Waals surface area contributed by atoms with Crippen LogP contribution in [0.25, 0.3) is 0 Å². The van der Waals surface area contributed by atoms with E-state index in [1.807, 2.05) is 12.1 Å². The standard InChI is InChI=1S/C15H21ClN2O2/c1-10-8-12(6-7-20-10)17-11-4-5-14(16)13(9-11)15(19)18(2)3/h4-5,9-10,12,17H,6-8H2,1-3H3. The molecule has 1 saturated heterocycles. The fraction of sp³-hybridized carbons (Fsp3) is 0.533. The first-order chi connectivity index (χ1) is 9.47. The summed E-state index contributed by atoms with van der Waals surface area (Å²) in [6, 6.07) is 5.88. The molecule has 2 unspecified atom stereocenters. The molecule has 1 amide bonds. The van der Waals surface area contributed by atoms with E-state index in [0.29, 0.717) is 16.6 Å². The zero-order valence-corrected chi connectivity index (χ0v) is 12.9. The van der Waals surface area contributed by atoms with Crippen molar-refractivity contribution in [2.75, 3.05) is 26.0 Å². The summed E-state index contributed by atoms with van der Waals surface area (Å²) in [5, 5.41) is 3.94. The maximum absolute atomic E-state index is 12.1. The van der Waals surface area contributed by atoms with Crippen molar-refractivity contribution in [1.29, 1.82) is 0 Å². The van der Waals surface area contributed by atoms with Crippen molar-refractivity contribution in [1.82, 2.24) is 4.90 Å². The lowest BCUT2D eigenvalue weighted by atomic mass is 10.0. The number of carbonyl (C=O) groups is 1. The molecule has 0 bridgehead atoms. The molecule has 2 rings (SSSR count). The molecule has 0 radical (unpaired) electrons. The molecule has 1 aliphatic rings. The zero-order valence-electron chi connectivity index (χ0n) is 12.1. The van der Waals surface area contributed by atoms with E-state index in [2.05, 4.69) is 12.2 Å². The van der Waals surface area contributed by atoms with Gasteiger partial charge in [0.25, 0.3) is 5.91 Å². The van der Waals surface area contributed by atoms with Gasteiger partial charge in [-0.1, -0.05) is 11.6 Å². The van der Waals surface area contributed by atoms with Crippen LogP contribution in [0.5, 0.6) is 0 Å². The average Bonchev–Trinajstić information content (AvgIpc) is 2.40. The van der Waals surface area contributed by atoms with Crippen molar-refractivity contribution in [2.24, 2.45) is 0 Å². The zero-order chi connectivity index (χ0) is 14.7. The molecule has 110 valence electrons. The number of halogens is 1. The third-order valence-corrected chi connectivity index (χ3v) is 3.79. The summed E-state index contributed by atoms with van der Waals surface area (Å²) in [6.45, 7) is 2.85. The Labute approximate surface area is 125 Å². The van der Waals surface area contributed by atoms with Crippen molar-refractivity contribution >= 4 is 23.2 Å². The molecule has 0 saturated carbocycles. The van der Waals surface area contributed by atoms with Crippen LogP contribution in [-0.4, -0.2) is 43.7 Å². The number of hydrogen-bond donors (Lipinski definition) is 1. The fourth-order valence-electron chi connectivity index (χ4n) is 2.38. The first-order valence-corrected chi connectivity index (χ1v) is 7.24. The monoisotopic (exact) mass is 296 g/mol. The van der Waals surface area contributed by atoms with E-state index in [1.54, 1.807) is 20.2 Å². The topological polar surface area (TPSA) is 41.6 Å². The Bertz CT molecular complexity index is 491. The van der Waals surface area contributed by atoms with Crippen LogP contribution in [0.1, 0.15) is 30.1 Å². The molecule has 1 N–H and O–H groups in total. The van der Waals surface area contributed by atoms with Crippen LogP contribution in [0, 0.1) is 0 Å². The van der Waals surface area contributed by atoms with Crippen molar-refractivity contribution in [3.63, 3.8) is 0 Å². The average molecular weight is 297 g/mol. The molecule has 5 heteroatoms. The van der Waals surface area contributed by atoms with Gasteiger partial charge in [0, 0.05) is 32.4 Å². The van der Waals surface area contributed by atoms with E-state index < -0.39 is 0 Å². The number of nitrogens with zero attached hydrogens (tertiary/aromatic N) is 1. The van der Waals surface area contributed by atoms with Crippen LogP contribution in [-0.2, 0) is 4.74 Å². The molecule has 20 heavy (non-hydrogen) atoms. The fourth-order valence-corrected chi connectivity index (χ4v) is 2.58. The molecule has 1 fully saturated rings. The first kappa shape index (κ1) is 15.1. The minimum atomic E-state index is -0.0843. The molecule has 0 spiro atoms. The highest BCUT2D eigenvalue weighted by atomic mass is 35.5. The normalized spacial score (nSPS) is 22.4. The van der Waals surface area contributed by atoms with E-state index in [-0.39, 0.29) is 12.0 Å². The Morgan fingerprint density at radius 2 is 2.20 bits per heavy atom. The van der Waals surface area contributed by atoms with E-state index in [9.17, 15) is 4.79 Å². The number of benzene rings is 1. The van der Waals surface area contributed by atoms with Crippen molar-refractivity contribution in [3.05, 3.63) is 28.8 Å². The molecule has 1 heterocycles. The van der Waals surface area contributed by atoms with Gasteiger partial charge in [-0.2, -0.15) is 0 Å². The van der Waals surface area contributed by atoms with Crippen LogP contribution in [0.4, 0.5) is 5.69 Å². The van der Waals surface area contributed by atoms with Crippen LogP contribution >= 0.6 is 11.6 Å². The van der Waals surface area contributed by atoms with Gasteiger partial charge < -0.3 is 15.0 Å². The number of ether oxygens (including phenoxy) is 1. The van der Waals surface area contributed by atoms with E-state index in [0.717, 1.165) is 25.1 Å². The van der Waals surface area contributed by atoms with Crippen molar-refractivity contribution in [2.45, 2.75) is 31.9 Å². The lowest BCUT2D eigenvalue weighted by molar-refractivity contribution is 0.0232. The van der Waals surface area contributed by atoms with Crippen LogP contribution in [0.15, 0.2) is 18.2 Å². The SMILES string of the molecule is CC1CC(Nc2ccc(Cl)c(C(=O)N(C)C)c2)CCO1. The maximum atomic E-state index is 12.1. The van der Waals surface area contributed by atoms with Gasteiger partial charge in [0.15, 0.2) is 0 Å². The van der Waals surface area contributed by atoms with E-state index >= 15 is 0 Å². The summed E-state index contributed by atoms with van der Waals surface area (Å²) < 4.78 is 5.54. The van der Waals surface area contributed by atoms with Gasteiger partial charge in [0.05, 0.1) is 16.7 Å². The summed E-state index contributed by atoms with van der Waals surface area (Å²) >= 11 is 6.11. The number of carbonyl (C=O) groups excluding carboxylic acids is 1. The molecular formula is C15H21ClN2O2. The van der Waals surface area contributed by atoms with E-state index in [4.69, 9.17) is 16.3 Å². The van der Waals surface area contributed by atoms with E-state index in [1.165, 1.54) is 4.90 Å². The second kappa shape index (κ2) is 6.46. The Balaban J connectivity index is 2.13.